The first-order chi connectivity index (χ1) is 13.8. The first-order valence-electron chi connectivity index (χ1n) is 11.1. The normalized spacial score (nSPS) is 18.0. The lowest BCUT2D eigenvalue weighted by molar-refractivity contribution is 0.184. The molecule has 0 radical (unpaired) electrons. The summed E-state index contributed by atoms with van der Waals surface area (Å²) in [5.74, 6) is 2.54. The van der Waals surface area contributed by atoms with Crippen LogP contribution in [0.5, 0.6) is 5.88 Å². The Balaban J connectivity index is 1.35. The standard InChI is InChI=1S/C24H33N3O/c1-19-13-16-27(17-14-19)15-7-8-18-28-24-21-11-5-6-12-22(21)25-23(26-24)20-9-3-2-4-10-20/h2-4,9-10,19H,5-8,11-18H2,1H3. The number of piperidine rings is 1. The monoisotopic (exact) mass is 379 g/mol. The Labute approximate surface area is 169 Å². The van der Waals surface area contributed by atoms with Crippen molar-refractivity contribution in [1.82, 2.24) is 14.9 Å². The number of ether oxygens (including phenoxy) is 1. The molecule has 2 heterocycles. The van der Waals surface area contributed by atoms with Crippen LogP contribution < -0.4 is 4.74 Å². The van der Waals surface area contributed by atoms with Crippen molar-refractivity contribution >= 4 is 0 Å². The van der Waals surface area contributed by atoms with E-state index in [0.717, 1.165) is 49.1 Å². The third kappa shape index (κ3) is 4.91. The Morgan fingerprint density at radius 3 is 2.61 bits per heavy atom. The van der Waals surface area contributed by atoms with Gasteiger partial charge in [-0.2, -0.15) is 4.98 Å². The number of aryl methyl sites for hydroxylation is 1. The second-order valence-corrected chi connectivity index (χ2v) is 8.43. The molecule has 150 valence electrons. The molecule has 0 spiro atoms. The van der Waals surface area contributed by atoms with Crippen LogP contribution in [0, 0.1) is 5.92 Å². The van der Waals surface area contributed by atoms with Gasteiger partial charge in [-0.25, -0.2) is 4.98 Å². The van der Waals surface area contributed by atoms with Crippen molar-refractivity contribution in [2.75, 3.05) is 26.2 Å². The van der Waals surface area contributed by atoms with Gasteiger partial charge in [-0.3, -0.25) is 0 Å². The highest BCUT2D eigenvalue weighted by Gasteiger charge is 2.20. The highest BCUT2D eigenvalue weighted by Crippen LogP contribution is 2.30. The zero-order valence-electron chi connectivity index (χ0n) is 17.2. The first kappa shape index (κ1) is 19.4. The highest BCUT2D eigenvalue weighted by atomic mass is 16.5. The molecule has 28 heavy (non-hydrogen) atoms. The van der Waals surface area contributed by atoms with E-state index in [-0.39, 0.29) is 0 Å². The van der Waals surface area contributed by atoms with Crippen molar-refractivity contribution in [3.8, 4) is 17.3 Å². The topological polar surface area (TPSA) is 38.2 Å². The number of benzene rings is 1. The maximum absolute atomic E-state index is 6.20. The average Bonchev–Trinajstić information content (AvgIpc) is 2.75. The van der Waals surface area contributed by atoms with E-state index in [1.807, 2.05) is 18.2 Å². The summed E-state index contributed by atoms with van der Waals surface area (Å²) in [5.41, 5.74) is 3.51. The Kier molecular flexibility index (Phi) is 6.58. The Morgan fingerprint density at radius 2 is 1.79 bits per heavy atom. The largest absolute Gasteiger partial charge is 0.477 e. The number of nitrogens with zero attached hydrogens (tertiary/aromatic N) is 3. The van der Waals surface area contributed by atoms with Gasteiger partial charge in [-0.05, 0) is 76.9 Å². The van der Waals surface area contributed by atoms with Gasteiger partial charge in [0.1, 0.15) is 0 Å². The van der Waals surface area contributed by atoms with E-state index in [9.17, 15) is 0 Å². The van der Waals surface area contributed by atoms with Crippen molar-refractivity contribution < 1.29 is 4.74 Å². The second-order valence-electron chi connectivity index (χ2n) is 8.43. The summed E-state index contributed by atoms with van der Waals surface area (Å²) in [6, 6.07) is 10.3. The van der Waals surface area contributed by atoms with Crippen molar-refractivity contribution in [3.63, 3.8) is 0 Å². The highest BCUT2D eigenvalue weighted by molar-refractivity contribution is 5.56. The molecule has 4 heteroatoms. The van der Waals surface area contributed by atoms with Gasteiger partial charge < -0.3 is 9.64 Å². The van der Waals surface area contributed by atoms with Crippen LogP contribution in [-0.4, -0.2) is 41.1 Å². The van der Waals surface area contributed by atoms with Gasteiger partial charge in [-0.1, -0.05) is 37.3 Å². The summed E-state index contributed by atoms with van der Waals surface area (Å²) in [5, 5.41) is 0. The molecule has 4 rings (SSSR count). The van der Waals surface area contributed by atoms with Crippen LogP contribution in [0.1, 0.15) is 56.7 Å². The molecule has 0 N–H and O–H groups in total. The molecule has 2 aromatic rings. The van der Waals surface area contributed by atoms with Gasteiger partial charge in [0.05, 0.1) is 12.3 Å². The van der Waals surface area contributed by atoms with Crippen molar-refractivity contribution in [2.24, 2.45) is 5.92 Å². The summed E-state index contributed by atoms with van der Waals surface area (Å²) in [6.07, 6.45) is 9.51. The number of rotatable bonds is 7. The lowest BCUT2D eigenvalue weighted by Gasteiger charge is -2.30. The summed E-state index contributed by atoms with van der Waals surface area (Å²) in [4.78, 5) is 12.3. The van der Waals surface area contributed by atoms with Crippen molar-refractivity contribution in [3.05, 3.63) is 41.6 Å². The van der Waals surface area contributed by atoms with Crippen molar-refractivity contribution in [2.45, 2.75) is 58.3 Å². The predicted molar refractivity (Wildman–Crippen MR) is 114 cm³/mol. The summed E-state index contributed by atoms with van der Waals surface area (Å²) in [7, 11) is 0. The lowest BCUT2D eigenvalue weighted by atomic mass is 9.96. The van der Waals surface area contributed by atoms with Gasteiger partial charge in [0.15, 0.2) is 5.82 Å². The molecular formula is C24H33N3O. The minimum Gasteiger partial charge on any atom is -0.477 e. The molecular weight excluding hydrogens is 346 g/mol. The zero-order chi connectivity index (χ0) is 19.2. The van der Waals surface area contributed by atoms with Gasteiger partial charge in [0, 0.05) is 11.1 Å². The zero-order valence-corrected chi connectivity index (χ0v) is 17.2. The van der Waals surface area contributed by atoms with Crippen LogP contribution in [0.4, 0.5) is 0 Å². The molecule has 1 aromatic carbocycles. The molecule has 0 unspecified atom stereocenters. The molecule has 0 saturated carbocycles. The lowest BCUT2D eigenvalue weighted by Crippen LogP contribution is -2.33. The fourth-order valence-corrected chi connectivity index (χ4v) is 4.29. The molecule has 1 aromatic heterocycles. The quantitative estimate of drug-likeness (QED) is 0.641. The van der Waals surface area contributed by atoms with Gasteiger partial charge >= 0.3 is 0 Å². The smallest absolute Gasteiger partial charge is 0.220 e. The third-order valence-corrected chi connectivity index (χ3v) is 6.16. The molecule has 2 aliphatic rings. The first-order valence-corrected chi connectivity index (χ1v) is 11.1. The van der Waals surface area contributed by atoms with Gasteiger partial charge in [0.25, 0.3) is 0 Å². The fourth-order valence-electron chi connectivity index (χ4n) is 4.29. The van der Waals surface area contributed by atoms with Gasteiger partial charge in [0.2, 0.25) is 5.88 Å². The molecule has 1 aliphatic heterocycles. The number of hydrogen-bond donors (Lipinski definition) is 0. The molecule has 0 bridgehead atoms. The Bertz CT molecular complexity index is 754. The third-order valence-electron chi connectivity index (χ3n) is 6.16. The number of unbranched alkanes of at least 4 members (excludes halogenated alkanes) is 1. The minimum atomic E-state index is 0.752. The van der Waals surface area contributed by atoms with Crippen LogP contribution >= 0.6 is 0 Å². The van der Waals surface area contributed by atoms with Crippen LogP contribution in [0.2, 0.25) is 0 Å². The molecule has 1 aliphatic carbocycles. The molecule has 1 saturated heterocycles. The van der Waals surface area contributed by atoms with E-state index in [2.05, 4.69) is 24.0 Å². The average molecular weight is 380 g/mol. The SMILES string of the molecule is CC1CCN(CCCCOc2nc(-c3ccccc3)nc3c2CCCC3)CC1. The molecule has 0 atom stereocenters. The van der Waals surface area contributed by atoms with E-state index >= 15 is 0 Å². The maximum atomic E-state index is 6.20. The number of aromatic nitrogens is 2. The van der Waals surface area contributed by atoms with E-state index < -0.39 is 0 Å². The summed E-state index contributed by atoms with van der Waals surface area (Å²) >= 11 is 0. The van der Waals surface area contributed by atoms with Crippen molar-refractivity contribution in [1.29, 1.82) is 0 Å². The minimum absolute atomic E-state index is 0.752. The van der Waals surface area contributed by atoms with E-state index in [4.69, 9.17) is 14.7 Å². The number of fused-ring (bicyclic) bond motifs is 1. The maximum Gasteiger partial charge on any atom is 0.220 e. The Hall–Kier alpha value is -1.94. The number of likely N-dealkylation sites (tertiary alicyclic amines) is 1. The van der Waals surface area contributed by atoms with E-state index in [0.29, 0.717) is 0 Å². The fraction of sp³-hybridized carbons (Fsp3) is 0.583. The second kappa shape index (κ2) is 9.51. The van der Waals surface area contributed by atoms with E-state index in [1.165, 1.54) is 63.0 Å². The molecule has 4 nitrogen and oxygen atoms in total. The summed E-state index contributed by atoms with van der Waals surface area (Å²) < 4.78 is 6.20. The number of hydrogen-bond acceptors (Lipinski definition) is 4. The van der Waals surface area contributed by atoms with Crippen LogP contribution in [0.3, 0.4) is 0 Å². The van der Waals surface area contributed by atoms with Crippen LogP contribution in [0.15, 0.2) is 30.3 Å². The van der Waals surface area contributed by atoms with E-state index in [1.54, 1.807) is 0 Å². The van der Waals surface area contributed by atoms with Crippen LogP contribution in [-0.2, 0) is 12.8 Å². The molecule has 1 fully saturated rings. The van der Waals surface area contributed by atoms with Gasteiger partial charge in [-0.15, -0.1) is 0 Å². The predicted octanol–water partition coefficient (Wildman–Crippen LogP) is 4.91. The molecule has 0 amide bonds. The van der Waals surface area contributed by atoms with Crippen LogP contribution in [0.25, 0.3) is 11.4 Å². The Morgan fingerprint density at radius 1 is 1.00 bits per heavy atom. The summed E-state index contributed by atoms with van der Waals surface area (Å²) in [6.45, 7) is 6.86.